The molecule has 0 atom stereocenters. The van der Waals surface area contributed by atoms with Gasteiger partial charge in [0.15, 0.2) is 0 Å². The van der Waals surface area contributed by atoms with Crippen LogP contribution in [0.3, 0.4) is 0 Å². The van der Waals surface area contributed by atoms with E-state index in [1.54, 1.807) is 0 Å². The Morgan fingerprint density at radius 2 is 2.05 bits per heavy atom. The maximum absolute atomic E-state index is 12.4. The van der Waals surface area contributed by atoms with Gasteiger partial charge in [-0.05, 0) is 37.1 Å². The maximum Gasteiger partial charge on any atom is 0.265 e. The smallest absolute Gasteiger partial charge is 0.265 e. The van der Waals surface area contributed by atoms with Crippen molar-refractivity contribution in [3.05, 3.63) is 45.6 Å². The van der Waals surface area contributed by atoms with Crippen molar-refractivity contribution >= 4 is 40.6 Å². The molecule has 0 aliphatic heterocycles. The second-order valence-corrected chi connectivity index (χ2v) is 7.02. The van der Waals surface area contributed by atoms with Crippen molar-refractivity contribution in [2.45, 2.75) is 25.2 Å². The summed E-state index contributed by atoms with van der Waals surface area (Å²) in [5, 5.41) is 2.91. The average molecular weight is 334 g/mol. The highest BCUT2D eigenvalue weighted by Crippen LogP contribution is 2.28. The Morgan fingerprint density at radius 3 is 2.68 bits per heavy atom. The number of thioether (sulfide) groups is 1. The Balaban J connectivity index is 2.15. The first-order valence-corrected chi connectivity index (χ1v) is 8.72. The van der Waals surface area contributed by atoms with Crippen LogP contribution in [0, 0.1) is 6.92 Å². The number of nitrogens with two attached hydrogens (primary N) is 1. The van der Waals surface area contributed by atoms with E-state index in [2.05, 4.69) is 12.2 Å². The highest BCUT2D eigenvalue weighted by molar-refractivity contribution is 8.00. The van der Waals surface area contributed by atoms with Crippen molar-refractivity contribution in [1.29, 1.82) is 0 Å². The minimum absolute atomic E-state index is 0.125. The lowest BCUT2D eigenvalue weighted by Crippen LogP contribution is -2.14. The number of nitrogens with one attached hydrogen (secondary N) is 1. The van der Waals surface area contributed by atoms with E-state index in [0.717, 1.165) is 11.3 Å². The molecule has 0 unspecified atom stereocenters. The van der Waals surface area contributed by atoms with E-state index in [9.17, 15) is 9.59 Å². The molecule has 0 aliphatic rings. The van der Waals surface area contributed by atoms with Gasteiger partial charge in [0.1, 0.15) is 0 Å². The lowest BCUT2D eigenvalue weighted by atomic mass is 10.2. The highest BCUT2D eigenvalue weighted by atomic mass is 32.2. The first-order chi connectivity index (χ1) is 10.5. The highest BCUT2D eigenvalue weighted by Gasteiger charge is 2.13. The van der Waals surface area contributed by atoms with Gasteiger partial charge in [-0.15, -0.1) is 23.1 Å². The van der Waals surface area contributed by atoms with Crippen molar-refractivity contribution in [2.75, 3.05) is 11.1 Å². The number of hydrogen-bond donors (Lipinski definition) is 2. The van der Waals surface area contributed by atoms with E-state index in [-0.39, 0.29) is 17.6 Å². The van der Waals surface area contributed by atoms with Crippen LogP contribution in [0.25, 0.3) is 0 Å². The molecule has 4 nitrogen and oxygen atoms in total. The number of anilines is 1. The molecular formula is C16H18N2O2S2. The Kier molecular flexibility index (Phi) is 5.63. The van der Waals surface area contributed by atoms with Gasteiger partial charge in [0.2, 0.25) is 5.91 Å². The summed E-state index contributed by atoms with van der Waals surface area (Å²) in [5.41, 5.74) is 7.07. The number of carbonyl (C=O) groups excluding carboxylic acids is 2. The molecule has 0 saturated carbocycles. The minimum atomic E-state index is -0.382. The maximum atomic E-state index is 12.4. The molecule has 6 heteroatoms. The van der Waals surface area contributed by atoms with Gasteiger partial charge < -0.3 is 11.1 Å². The molecule has 0 bridgehead atoms. The van der Waals surface area contributed by atoms with Crippen LogP contribution in [0.15, 0.2) is 35.2 Å². The van der Waals surface area contributed by atoms with E-state index >= 15 is 0 Å². The quantitative estimate of drug-likeness (QED) is 0.795. The predicted octanol–water partition coefficient (Wildman–Crippen LogP) is 3.45. The van der Waals surface area contributed by atoms with Gasteiger partial charge in [0, 0.05) is 9.77 Å². The molecular weight excluding hydrogens is 316 g/mol. The van der Waals surface area contributed by atoms with E-state index in [0.29, 0.717) is 10.6 Å². The Labute approximate surface area is 138 Å². The third-order valence-corrected chi connectivity index (χ3v) is 5.32. The largest absolute Gasteiger partial charge is 0.369 e. The number of thiophene rings is 1. The zero-order valence-corrected chi connectivity index (χ0v) is 14.1. The molecule has 1 heterocycles. The van der Waals surface area contributed by atoms with E-state index in [4.69, 9.17) is 5.73 Å². The van der Waals surface area contributed by atoms with Crippen molar-refractivity contribution in [2.24, 2.45) is 5.73 Å². The molecule has 0 aliphatic carbocycles. The summed E-state index contributed by atoms with van der Waals surface area (Å²) in [4.78, 5) is 26.0. The third kappa shape index (κ3) is 4.11. The van der Waals surface area contributed by atoms with Gasteiger partial charge in [-0.25, -0.2) is 0 Å². The molecule has 0 radical (unpaired) electrons. The lowest BCUT2D eigenvalue weighted by Gasteiger charge is -2.09. The molecule has 2 rings (SSSR count). The van der Waals surface area contributed by atoms with E-state index in [1.807, 2.05) is 37.3 Å². The fourth-order valence-electron chi connectivity index (χ4n) is 2.01. The van der Waals surface area contributed by atoms with Gasteiger partial charge in [0.25, 0.3) is 5.91 Å². The Bertz CT molecular complexity index is 695. The van der Waals surface area contributed by atoms with E-state index < -0.39 is 0 Å². The normalized spacial score (nSPS) is 10.5. The van der Waals surface area contributed by atoms with Crippen LogP contribution in [0.1, 0.15) is 27.0 Å². The van der Waals surface area contributed by atoms with Gasteiger partial charge in [0.05, 0.1) is 16.3 Å². The number of rotatable bonds is 6. The molecule has 0 saturated heterocycles. The minimum Gasteiger partial charge on any atom is -0.369 e. The molecule has 0 spiro atoms. The number of aryl methyl sites for hydroxylation is 2. The van der Waals surface area contributed by atoms with Gasteiger partial charge in [-0.3, -0.25) is 9.59 Å². The lowest BCUT2D eigenvalue weighted by molar-refractivity contribution is -0.115. The zero-order valence-electron chi connectivity index (χ0n) is 12.5. The molecule has 1 aromatic heterocycles. The zero-order chi connectivity index (χ0) is 16.1. The van der Waals surface area contributed by atoms with Crippen molar-refractivity contribution in [3.8, 4) is 0 Å². The number of hydrogen-bond acceptors (Lipinski definition) is 4. The van der Waals surface area contributed by atoms with Gasteiger partial charge in [-0.1, -0.05) is 19.1 Å². The summed E-state index contributed by atoms with van der Waals surface area (Å²) < 4.78 is 0. The molecule has 22 heavy (non-hydrogen) atoms. The van der Waals surface area contributed by atoms with Crippen LogP contribution in [0.4, 0.5) is 5.69 Å². The monoisotopic (exact) mass is 334 g/mol. The first-order valence-electron chi connectivity index (χ1n) is 6.92. The summed E-state index contributed by atoms with van der Waals surface area (Å²) in [5.74, 6) is -0.321. The molecule has 2 amide bonds. The van der Waals surface area contributed by atoms with Crippen molar-refractivity contribution < 1.29 is 9.59 Å². The molecule has 3 N–H and O–H groups in total. The summed E-state index contributed by atoms with van der Waals surface area (Å²) in [7, 11) is 0. The van der Waals surface area contributed by atoms with Crippen LogP contribution in [-0.2, 0) is 11.2 Å². The number of benzene rings is 1. The topological polar surface area (TPSA) is 72.2 Å². The van der Waals surface area contributed by atoms with Crippen LogP contribution in [-0.4, -0.2) is 17.6 Å². The summed E-state index contributed by atoms with van der Waals surface area (Å²) in [6, 6.07) is 9.34. The second kappa shape index (κ2) is 7.47. The average Bonchev–Trinajstić information content (AvgIpc) is 2.87. The van der Waals surface area contributed by atoms with Crippen LogP contribution in [0.2, 0.25) is 0 Å². The number of para-hydroxylation sites is 1. The fraction of sp³-hybridized carbons (Fsp3) is 0.250. The summed E-state index contributed by atoms with van der Waals surface area (Å²) in [6.45, 7) is 4.10. The molecule has 2 aromatic rings. The van der Waals surface area contributed by atoms with Crippen LogP contribution >= 0.6 is 23.1 Å². The molecule has 0 fully saturated rings. The van der Waals surface area contributed by atoms with Crippen LogP contribution in [0.5, 0.6) is 0 Å². The van der Waals surface area contributed by atoms with Gasteiger partial charge in [-0.2, -0.15) is 0 Å². The summed E-state index contributed by atoms with van der Waals surface area (Å²) in [6.07, 6.45) is 0.917. The number of amides is 2. The fourth-order valence-corrected chi connectivity index (χ4v) is 3.77. The number of carbonyl (C=O) groups is 2. The van der Waals surface area contributed by atoms with Crippen molar-refractivity contribution in [3.63, 3.8) is 0 Å². The number of primary amides is 1. The Hall–Kier alpha value is -1.79. The molecule has 116 valence electrons. The summed E-state index contributed by atoms with van der Waals surface area (Å²) >= 11 is 2.82. The van der Waals surface area contributed by atoms with Crippen molar-refractivity contribution in [1.82, 2.24) is 0 Å². The van der Waals surface area contributed by atoms with Crippen LogP contribution < -0.4 is 11.1 Å². The first kappa shape index (κ1) is 16.6. The molecule has 1 aromatic carbocycles. The predicted molar refractivity (Wildman–Crippen MR) is 92.7 cm³/mol. The van der Waals surface area contributed by atoms with Gasteiger partial charge >= 0.3 is 0 Å². The van der Waals surface area contributed by atoms with E-state index in [1.165, 1.54) is 33.5 Å². The third-order valence-electron chi connectivity index (χ3n) is 3.13. The standard InChI is InChI=1S/C16H18N2O2S2/c1-3-11-8-14(22-10(11)2)16(20)18-12-6-4-5-7-13(12)21-9-15(17)19/h4-8H,3,9H2,1-2H3,(H2,17,19)(H,18,20). The Morgan fingerprint density at radius 1 is 1.32 bits per heavy atom. The SMILES string of the molecule is CCc1cc(C(=O)Nc2ccccc2SCC(N)=O)sc1C. The second-order valence-electron chi connectivity index (χ2n) is 4.75.